The van der Waals surface area contributed by atoms with Crippen molar-refractivity contribution in [3.63, 3.8) is 0 Å². The quantitative estimate of drug-likeness (QED) is 0.165. The number of methoxy groups -OCH3 is 1. The normalized spacial score (nSPS) is 16.7. The summed E-state index contributed by atoms with van der Waals surface area (Å²) >= 11 is 5.88. The lowest BCUT2D eigenvalue weighted by Gasteiger charge is -2.28. The molecule has 0 aliphatic carbocycles. The van der Waals surface area contributed by atoms with Crippen LogP contribution in [0.15, 0.2) is 72.9 Å². The molecule has 1 fully saturated rings. The summed E-state index contributed by atoms with van der Waals surface area (Å²) in [4.78, 5) is 17.7. The summed E-state index contributed by atoms with van der Waals surface area (Å²) in [6, 6.07) is 20.1. The SMILES string of the molecule is CCOc1ccc(N2C(=S)NC(c3ccccn3)C2c2cc(C)n(-c3ccc([N+](=O)[O-])cc3OC)c2C)cc1. The van der Waals surface area contributed by atoms with E-state index in [9.17, 15) is 10.1 Å². The highest BCUT2D eigenvalue weighted by atomic mass is 32.1. The van der Waals surface area contributed by atoms with Crippen molar-refractivity contribution in [1.29, 1.82) is 0 Å². The summed E-state index contributed by atoms with van der Waals surface area (Å²) in [5.41, 5.74) is 5.46. The van der Waals surface area contributed by atoms with Crippen molar-refractivity contribution in [2.75, 3.05) is 18.6 Å². The van der Waals surface area contributed by atoms with Crippen molar-refractivity contribution in [3.05, 3.63) is 106 Å². The first kappa shape index (κ1) is 26.2. The lowest BCUT2D eigenvalue weighted by atomic mass is 9.96. The van der Waals surface area contributed by atoms with Crippen LogP contribution in [0.25, 0.3) is 5.69 Å². The van der Waals surface area contributed by atoms with Gasteiger partial charge in [0.05, 0.1) is 48.2 Å². The van der Waals surface area contributed by atoms with Gasteiger partial charge in [-0.2, -0.15) is 0 Å². The van der Waals surface area contributed by atoms with Gasteiger partial charge >= 0.3 is 0 Å². The van der Waals surface area contributed by atoms with E-state index in [-0.39, 0.29) is 17.8 Å². The molecule has 5 rings (SSSR count). The standard InChI is InChI=1S/C29H29N5O4S/c1-5-38-22-12-9-20(10-13-22)33-28(27(31-29(33)39)24-8-6-7-15-30-24)23-16-18(2)32(19(23)3)25-14-11-21(34(35)36)17-26(25)37-4/h6-17,27-28H,5H2,1-4H3,(H,31,39). The zero-order valence-corrected chi connectivity index (χ0v) is 22.9. The van der Waals surface area contributed by atoms with Crippen LogP contribution in [0.4, 0.5) is 11.4 Å². The molecule has 0 amide bonds. The number of pyridine rings is 1. The third-order valence-electron chi connectivity index (χ3n) is 6.93. The van der Waals surface area contributed by atoms with Crippen molar-refractivity contribution in [2.24, 2.45) is 0 Å². The van der Waals surface area contributed by atoms with Gasteiger partial charge in [0.15, 0.2) is 5.11 Å². The molecule has 2 aromatic heterocycles. The molecule has 3 heterocycles. The molecule has 1 aliphatic rings. The van der Waals surface area contributed by atoms with Gasteiger partial charge in [0.25, 0.3) is 5.69 Å². The lowest BCUT2D eigenvalue weighted by Crippen LogP contribution is -2.29. The smallest absolute Gasteiger partial charge is 0.273 e. The van der Waals surface area contributed by atoms with Crippen LogP contribution in [0.5, 0.6) is 11.5 Å². The van der Waals surface area contributed by atoms with Gasteiger partial charge in [-0.25, -0.2) is 0 Å². The number of ether oxygens (including phenoxy) is 2. The van der Waals surface area contributed by atoms with Gasteiger partial charge in [-0.15, -0.1) is 0 Å². The maximum Gasteiger partial charge on any atom is 0.273 e. The number of nitrogens with zero attached hydrogens (tertiary/aromatic N) is 4. The number of non-ortho nitro benzene ring substituents is 1. The number of nitrogens with one attached hydrogen (secondary N) is 1. The molecule has 39 heavy (non-hydrogen) atoms. The van der Waals surface area contributed by atoms with Crippen LogP contribution in [-0.2, 0) is 0 Å². The lowest BCUT2D eigenvalue weighted by molar-refractivity contribution is -0.384. The fourth-order valence-corrected chi connectivity index (χ4v) is 5.59. The van der Waals surface area contributed by atoms with E-state index in [4.69, 9.17) is 21.7 Å². The fourth-order valence-electron chi connectivity index (χ4n) is 5.24. The molecule has 0 saturated carbocycles. The van der Waals surface area contributed by atoms with Crippen LogP contribution in [0.3, 0.4) is 0 Å². The molecule has 9 nitrogen and oxygen atoms in total. The summed E-state index contributed by atoms with van der Waals surface area (Å²) in [6.45, 7) is 6.59. The molecule has 1 saturated heterocycles. The van der Waals surface area contributed by atoms with Gasteiger partial charge in [0.1, 0.15) is 11.5 Å². The Morgan fingerprint density at radius 1 is 1.10 bits per heavy atom. The van der Waals surface area contributed by atoms with Crippen molar-refractivity contribution in [1.82, 2.24) is 14.9 Å². The molecule has 1 aliphatic heterocycles. The molecule has 200 valence electrons. The minimum atomic E-state index is -0.426. The number of nitro groups is 1. The number of hydrogen-bond acceptors (Lipinski definition) is 6. The second-order valence-corrected chi connectivity index (χ2v) is 9.59. The summed E-state index contributed by atoms with van der Waals surface area (Å²) < 4.78 is 13.3. The van der Waals surface area contributed by atoms with Crippen LogP contribution >= 0.6 is 12.2 Å². The van der Waals surface area contributed by atoms with E-state index >= 15 is 0 Å². The summed E-state index contributed by atoms with van der Waals surface area (Å²) in [7, 11) is 1.52. The maximum absolute atomic E-state index is 11.4. The third kappa shape index (κ3) is 4.79. The zero-order chi connectivity index (χ0) is 27.7. The van der Waals surface area contributed by atoms with Crippen LogP contribution in [0, 0.1) is 24.0 Å². The van der Waals surface area contributed by atoms with E-state index in [0.717, 1.165) is 39.8 Å². The van der Waals surface area contributed by atoms with E-state index in [1.165, 1.54) is 19.2 Å². The molecule has 0 radical (unpaired) electrons. The molecule has 2 unspecified atom stereocenters. The highest BCUT2D eigenvalue weighted by Gasteiger charge is 2.42. The Balaban J connectivity index is 1.65. The molecular formula is C29H29N5O4S. The molecule has 0 spiro atoms. The Labute approximate surface area is 232 Å². The zero-order valence-electron chi connectivity index (χ0n) is 22.1. The van der Waals surface area contributed by atoms with Crippen LogP contribution < -0.4 is 19.7 Å². The number of aryl methyl sites for hydroxylation is 1. The highest BCUT2D eigenvalue weighted by Crippen LogP contribution is 2.44. The van der Waals surface area contributed by atoms with Gasteiger partial charge in [-0.1, -0.05) is 6.07 Å². The average Bonchev–Trinajstić information content (AvgIpc) is 3.44. The van der Waals surface area contributed by atoms with Crippen molar-refractivity contribution < 1.29 is 14.4 Å². The predicted octanol–water partition coefficient (Wildman–Crippen LogP) is 5.98. The topological polar surface area (TPSA) is 94.7 Å². The Kier molecular flexibility index (Phi) is 7.21. The number of nitro benzene ring substituents is 1. The minimum absolute atomic E-state index is 0.0273. The third-order valence-corrected chi connectivity index (χ3v) is 7.24. The van der Waals surface area contributed by atoms with Gasteiger partial charge in [-0.05, 0) is 87.1 Å². The second kappa shape index (κ2) is 10.7. The molecular weight excluding hydrogens is 514 g/mol. The van der Waals surface area contributed by atoms with Gasteiger partial charge in [-0.3, -0.25) is 15.1 Å². The molecule has 2 atom stereocenters. The number of hydrogen-bond donors (Lipinski definition) is 1. The van der Waals surface area contributed by atoms with Crippen LogP contribution in [0.1, 0.15) is 41.7 Å². The van der Waals surface area contributed by atoms with E-state index in [1.54, 1.807) is 12.3 Å². The summed E-state index contributed by atoms with van der Waals surface area (Å²) in [6.07, 6.45) is 1.78. The van der Waals surface area contributed by atoms with E-state index < -0.39 is 4.92 Å². The highest BCUT2D eigenvalue weighted by molar-refractivity contribution is 7.80. The summed E-state index contributed by atoms with van der Waals surface area (Å²) in [5, 5.41) is 15.5. The fraction of sp³-hybridized carbons (Fsp3) is 0.241. The number of aromatic nitrogens is 2. The van der Waals surface area contributed by atoms with Crippen molar-refractivity contribution >= 4 is 28.7 Å². The molecule has 4 aromatic rings. The maximum atomic E-state index is 11.4. The molecule has 0 bridgehead atoms. The Bertz CT molecular complexity index is 1520. The van der Waals surface area contributed by atoms with Gasteiger partial charge in [0.2, 0.25) is 0 Å². The van der Waals surface area contributed by atoms with E-state index in [1.807, 2.05) is 63.2 Å². The first-order valence-corrected chi connectivity index (χ1v) is 13.0. The number of benzene rings is 2. The Morgan fingerprint density at radius 3 is 2.51 bits per heavy atom. The largest absolute Gasteiger partial charge is 0.494 e. The monoisotopic (exact) mass is 543 g/mol. The minimum Gasteiger partial charge on any atom is -0.494 e. The first-order valence-electron chi connectivity index (χ1n) is 12.6. The van der Waals surface area contributed by atoms with Crippen LogP contribution in [-0.4, -0.2) is 33.3 Å². The van der Waals surface area contributed by atoms with Crippen molar-refractivity contribution in [2.45, 2.75) is 32.9 Å². The van der Waals surface area contributed by atoms with Crippen molar-refractivity contribution in [3.8, 4) is 17.2 Å². The van der Waals surface area contributed by atoms with Gasteiger partial charge < -0.3 is 24.3 Å². The molecule has 1 N–H and O–H groups in total. The number of anilines is 1. The Hall–Kier alpha value is -4.44. The molecule has 10 heteroatoms. The van der Waals surface area contributed by atoms with Gasteiger partial charge in [0, 0.05) is 29.3 Å². The predicted molar refractivity (Wildman–Crippen MR) is 154 cm³/mol. The van der Waals surface area contributed by atoms with E-state index in [2.05, 4.69) is 25.8 Å². The van der Waals surface area contributed by atoms with E-state index in [0.29, 0.717) is 17.5 Å². The second-order valence-electron chi connectivity index (χ2n) is 9.20. The number of thiocarbonyl (C=S) groups is 1. The first-order chi connectivity index (χ1) is 18.8. The number of rotatable bonds is 8. The molecule has 2 aromatic carbocycles. The summed E-state index contributed by atoms with van der Waals surface area (Å²) in [5.74, 6) is 1.21. The average molecular weight is 544 g/mol. The Morgan fingerprint density at radius 2 is 1.87 bits per heavy atom. The van der Waals surface area contributed by atoms with Crippen LogP contribution in [0.2, 0.25) is 0 Å².